The number of ether oxygens (including phenoxy) is 1. The lowest BCUT2D eigenvalue weighted by atomic mass is 10.2. The van der Waals surface area contributed by atoms with Gasteiger partial charge < -0.3 is 4.74 Å². The zero-order chi connectivity index (χ0) is 22.3. The Morgan fingerprint density at radius 2 is 1.91 bits per heavy atom. The average Bonchev–Trinajstić information content (AvgIpc) is 2.84. The summed E-state index contributed by atoms with van der Waals surface area (Å²) in [6.07, 6.45) is 3.10. The van der Waals surface area contributed by atoms with Gasteiger partial charge in [0.05, 0.1) is 41.4 Å². The number of hydrogen-bond acceptors (Lipinski definition) is 7. The number of para-hydroxylation sites is 1. The van der Waals surface area contributed by atoms with Crippen LogP contribution in [0.25, 0.3) is 16.6 Å². The number of nitrogens with zero attached hydrogens (tertiary/aromatic N) is 4. The third-order valence-electron chi connectivity index (χ3n) is 4.48. The molecule has 0 unspecified atom stereocenters. The summed E-state index contributed by atoms with van der Waals surface area (Å²) in [7, 11) is 1.58. The number of pyridine rings is 1. The van der Waals surface area contributed by atoms with Crippen molar-refractivity contribution in [2.75, 3.05) is 12.9 Å². The number of hydrazone groups is 1. The Kier molecular flexibility index (Phi) is 6.57. The second-order valence-corrected chi connectivity index (χ2v) is 7.53. The molecule has 9 heteroatoms. The van der Waals surface area contributed by atoms with Crippen LogP contribution in [0.3, 0.4) is 0 Å². The highest BCUT2D eigenvalue weighted by Gasteiger charge is 2.14. The van der Waals surface area contributed by atoms with E-state index in [-0.39, 0.29) is 17.2 Å². The maximum Gasteiger partial charge on any atom is 0.266 e. The number of thioether (sulfide) groups is 1. The van der Waals surface area contributed by atoms with Crippen molar-refractivity contribution in [3.05, 3.63) is 89.0 Å². The first kappa shape index (κ1) is 21.3. The molecule has 1 amide bonds. The third kappa shape index (κ3) is 4.84. The van der Waals surface area contributed by atoms with Gasteiger partial charge in [-0.2, -0.15) is 5.10 Å². The van der Waals surface area contributed by atoms with Crippen molar-refractivity contribution in [3.63, 3.8) is 0 Å². The van der Waals surface area contributed by atoms with Crippen LogP contribution < -0.4 is 15.7 Å². The number of carbonyl (C=O) groups excluding carboxylic acids is 1. The topological polar surface area (TPSA) is 98.5 Å². The summed E-state index contributed by atoms with van der Waals surface area (Å²) in [5.41, 5.74) is 4.08. The number of aromatic nitrogens is 3. The number of carbonyl (C=O) groups is 1. The smallest absolute Gasteiger partial charge is 0.266 e. The Hall–Kier alpha value is -3.98. The highest BCUT2D eigenvalue weighted by atomic mass is 32.2. The summed E-state index contributed by atoms with van der Waals surface area (Å²) in [6, 6.07) is 19.6. The zero-order valence-corrected chi connectivity index (χ0v) is 18.0. The zero-order valence-electron chi connectivity index (χ0n) is 17.1. The van der Waals surface area contributed by atoms with Gasteiger partial charge in [-0.05, 0) is 48.5 Å². The van der Waals surface area contributed by atoms with Crippen LogP contribution in [0.5, 0.6) is 5.75 Å². The standard InChI is InChI=1S/C23H19N5O3S/c1-31-18-11-9-17(10-12-18)28-22(30)19-7-2-3-8-20(19)26-23(28)32-15-21(29)27-25-14-16-6-4-5-13-24-16/h2-14H,15H2,1H3,(H,27,29). The van der Waals surface area contributed by atoms with Crippen LogP contribution in [0.1, 0.15) is 5.69 Å². The van der Waals surface area contributed by atoms with E-state index in [1.165, 1.54) is 10.8 Å². The second-order valence-electron chi connectivity index (χ2n) is 6.59. The normalized spacial score (nSPS) is 11.0. The Balaban J connectivity index is 1.58. The number of benzene rings is 2. The van der Waals surface area contributed by atoms with Crippen molar-refractivity contribution in [2.45, 2.75) is 5.16 Å². The van der Waals surface area contributed by atoms with Crippen LogP contribution in [0.2, 0.25) is 0 Å². The van der Waals surface area contributed by atoms with Crippen molar-refractivity contribution < 1.29 is 9.53 Å². The second kappa shape index (κ2) is 9.88. The van der Waals surface area contributed by atoms with Gasteiger partial charge in [0.2, 0.25) is 0 Å². The van der Waals surface area contributed by atoms with E-state index < -0.39 is 0 Å². The largest absolute Gasteiger partial charge is 0.497 e. The van der Waals surface area contributed by atoms with E-state index >= 15 is 0 Å². The molecule has 1 N–H and O–H groups in total. The number of methoxy groups -OCH3 is 1. The molecule has 0 atom stereocenters. The van der Waals surface area contributed by atoms with Gasteiger partial charge in [-0.1, -0.05) is 30.0 Å². The Morgan fingerprint density at radius 3 is 2.66 bits per heavy atom. The summed E-state index contributed by atoms with van der Waals surface area (Å²) in [5.74, 6) is 0.376. The molecule has 32 heavy (non-hydrogen) atoms. The van der Waals surface area contributed by atoms with E-state index in [1.54, 1.807) is 67.9 Å². The summed E-state index contributed by atoms with van der Waals surface area (Å²) in [6.45, 7) is 0. The molecular formula is C23H19N5O3S. The van der Waals surface area contributed by atoms with Gasteiger partial charge in [0.1, 0.15) is 5.75 Å². The fraction of sp³-hybridized carbons (Fsp3) is 0.0870. The first-order valence-electron chi connectivity index (χ1n) is 9.67. The molecule has 0 aliphatic heterocycles. The van der Waals surface area contributed by atoms with Crippen LogP contribution in [-0.2, 0) is 4.79 Å². The number of nitrogens with one attached hydrogen (secondary N) is 1. The molecule has 0 aliphatic rings. The van der Waals surface area contributed by atoms with Crippen LogP contribution in [0.15, 0.2) is 88.0 Å². The van der Waals surface area contributed by atoms with E-state index in [1.807, 2.05) is 12.1 Å². The lowest BCUT2D eigenvalue weighted by molar-refractivity contribution is -0.118. The first-order chi connectivity index (χ1) is 15.7. The van der Waals surface area contributed by atoms with Crippen LogP contribution in [0, 0.1) is 0 Å². The van der Waals surface area contributed by atoms with Crippen LogP contribution in [-0.4, -0.2) is 39.5 Å². The Morgan fingerprint density at radius 1 is 1.12 bits per heavy atom. The van der Waals surface area contributed by atoms with Gasteiger partial charge in [0.25, 0.3) is 11.5 Å². The molecule has 0 radical (unpaired) electrons. The summed E-state index contributed by atoms with van der Waals surface area (Å²) in [5, 5.41) is 4.82. The Labute approximate surface area is 188 Å². The van der Waals surface area contributed by atoms with Gasteiger partial charge in [-0.3, -0.25) is 19.1 Å². The number of hydrogen-bond donors (Lipinski definition) is 1. The molecule has 4 aromatic rings. The molecule has 0 spiro atoms. The van der Waals surface area contributed by atoms with Crippen LogP contribution >= 0.6 is 11.8 Å². The molecular weight excluding hydrogens is 426 g/mol. The van der Waals surface area contributed by atoms with Crippen molar-refractivity contribution in [2.24, 2.45) is 5.10 Å². The van der Waals surface area contributed by atoms with Gasteiger partial charge in [-0.15, -0.1) is 0 Å². The molecule has 2 aromatic carbocycles. The van der Waals surface area contributed by atoms with Crippen LogP contribution in [0.4, 0.5) is 0 Å². The van der Waals surface area contributed by atoms with E-state index in [0.29, 0.717) is 33.2 Å². The minimum atomic E-state index is -0.328. The predicted molar refractivity (Wildman–Crippen MR) is 125 cm³/mol. The van der Waals surface area contributed by atoms with Gasteiger partial charge in [0, 0.05) is 6.20 Å². The lowest BCUT2D eigenvalue weighted by Crippen LogP contribution is -2.24. The van der Waals surface area contributed by atoms with Gasteiger partial charge >= 0.3 is 0 Å². The first-order valence-corrected chi connectivity index (χ1v) is 10.7. The van der Waals surface area contributed by atoms with Crippen molar-refractivity contribution >= 4 is 34.8 Å². The summed E-state index contributed by atoms with van der Waals surface area (Å²) < 4.78 is 6.70. The minimum absolute atomic E-state index is 0.0283. The molecule has 0 fully saturated rings. The molecule has 0 aliphatic carbocycles. The fourth-order valence-electron chi connectivity index (χ4n) is 2.95. The monoisotopic (exact) mass is 445 g/mol. The molecule has 160 valence electrons. The molecule has 8 nitrogen and oxygen atoms in total. The van der Waals surface area contributed by atoms with Crippen molar-refractivity contribution in [1.29, 1.82) is 0 Å². The number of amides is 1. The molecule has 2 aromatic heterocycles. The molecule has 0 bridgehead atoms. The minimum Gasteiger partial charge on any atom is -0.497 e. The van der Waals surface area contributed by atoms with Crippen molar-refractivity contribution in [1.82, 2.24) is 20.0 Å². The average molecular weight is 446 g/mol. The Bertz CT molecular complexity index is 1320. The highest BCUT2D eigenvalue weighted by Crippen LogP contribution is 2.22. The fourth-order valence-corrected chi connectivity index (χ4v) is 3.76. The van der Waals surface area contributed by atoms with Gasteiger partial charge in [-0.25, -0.2) is 10.4 Å². The SMILES string of the molecule is COc1ccc(-n2c(SCC(=O)NN=Cc3ccccn3)nc3ccccc3c2=O)cc1. The molecule has 0 saturated carbocycles. The molecule has 2 heterocycles. The number of fused-ring (bicyclic) bond motifs is 1. The number of rotatable bonds is 7. The maximum atomic E-state index is 13.2. The summed E-state index contributed by atoms with van der Waals surface area (Å²) >= 11 is 1.15. The van der Waals surface area contributed by atoms with Crippen molar-refractivity contribution in [3.8, 4) is 11.4 Å². The molecule has 4 rings (SSSR count). The maximum absolute atomic E-state index is 13.2. The van der Waals surface area contributed by atoms with Gasteiger partial charge in [0.15, 0.2) is 5.16 Å². The third-order valence-corrected chi connectivity index (χ3v) is 5.42. The highest BCUT2D eigenvalue weighted by molar-refractivity contribution is 7.99. The summed E-state index contributed by atoms with van der Waals surface area (Å²) in [4.78, 5) is 34.2. The van der Waals surface area contributed by atoms with E-state index in [4.69, 9.17) is 4.74 Å². The quantitative estimate of drug-likeness (QED) is 0.203. The lowest BCUT2D eigenvalue weighted by Gasteiger charge is -2.13. The van der Waals surface area contributed by atoms with E-state index in [9.17, 15) is 9.59 Å². The van der Waals surface area contributed by atoms with E-state index in [0.717, 1.165) is 11.8 Å². The van der Waals surface area contributed by atoms with E-state index in [2.05, 4.69) is 20.5 Å². The molecule has 0 saturated heterocycles. The predicted octanol–water partition coefficient (Wildman–Crippen LogP) is 3.03.